The normalized spacial score (nSPS) is 13.5. The predicted molar refractivity (Wildman–Crippen MR) is 65.0 cm³/mol. The summed E-state index contributed by atoms with van der Waals surface area (Å²) in [5.74, 6) is 0.895. The van der Waals surface area contributed by atoms with E-state index in [9.17, 15) is 0 Å². The quantitative estimate of drug-likeness (QED) is 0.589. The van der Waals surface area contributed by atoms with Crippen LogP contribution in [0.5, 0.6) is 0 Å². The molecular weight excluding hydrogens is 186 g/mol. The fourth-order valence-electron chi connectivity index (χ4n) is 1.41. The average molecular weight is 205 g/mol. The molecular formula is C12H19N3. The van der Waals surface area contributed by atoms with Crippen molar-refractivity contribution in [3.63, 3.8) is 0 Å². The van der Waals surface area contributed by atoms with Crippen molar-refractivity contribution in [1.29, 1.82) is 0 Å². The lowest BCUT2D eigenvalue weighted by Gasteiger charge is -2.21. The first-order valence-electron chi connectivity index (χ1n) is 5.10. The molecule has 1 aromatic rings. The van der Waals surface area contributed by atoms with E-state index >= 15 is 0 Å². The molecule has 0 aromatic heterocycles. The zero-order valence-corrected chi connectivity index (χ0v) is 9.86. The summed E-state index contributed by atoms with van der Waals surface area (Å²) < 4.78 is 0. The minimum atomic E-state index is 0.271. The lowest BCUT2D eigenvalue weighted by molar-refractivity contribution is 0.557. The maximum absolute atomic E-state index is 4.18. The van der Waals surface area contributed by atoms with Gasteiger partial charge >= 0.3 is 0 Å². The smallest absolute Gasteiger partial charge is 0.193 e. The van der Waals surface area contributed by atoms with Crippen LogP contribution < -0.4 is 5.32 Å². The second-order valence-corrected chi connectivity index (χ2v) is 3.72. The monoisotopic (exact) mass is 205 g/mol. The summed E-state index contributed by atoms with van der Waals surface area (Å²) in [6.07, 6.45) is 0. The Balaban J connectivity index is 2.67. The lowest BCUT2D eigenvalue weighted by Crippen LogP contribution is -2.37. The van der Waals surface area contributed by atoms with Crippen LogP contribution in [0.3, 0.4) is 0 Å². The van der Waals surface area contributed by atoms with Crippen molar-refractivity contribution in [3.8, 4) is 0 Å². The predicted octanol–water partition coefficient (Wildman–Crippen LogP) is 1.88. The Labute approximate surface area is 91.8 Å². The number of aliphatic imine (C=N–C) groups is 1. The van der Waals surface area contributed by atoms with E-state index in [1.165, 1.54) is 5.56 Å². The first-order valence-corrected chi connectivity index (χ1v) is 5.10. The van der Waals surface area contributed by atoms with E-state index in [1.54, 1.807) is 7.05 Å². The van der Waals surface area contributed by atoms with Gasteiger partial charge in [0.05, 0.1) is 6.04 Å². The fraction of sp³-hybridized carbons (Fsp3) is 0.417. The standard InChI is InChI=1S/C12H19N3/c1-10(11-8-6-5-7-9-11)14-12(13-2)15(3)4/h5-10H,1-4H3,(H,13,14). The van der Waals surface area contributed by atoms with Crippen molar-refractivity contribution >= 4 is 5.96 Å². The maximum Gasteiger partial charge on any atom is 0.193 e. The number of nitrogens with one attached hydrogen (secondary N) is 1. The van der Waals surface area contributed by atoms with E-state index in [0.717, 1.165) is 5.96 Å². The molecule has 1 N–H and O–H groups in total. The highest BCUT2D eigenvalue weighted by Crippen LogP contribution is 2.10. The molecule has 1 atom stereocenters. The molecule has 3 heteroatoms. The minimum Gasteiger partial charge on any atom is -0.350 e. The molecule has 1 aromatic carbocycles. The number of benzene rings is 1. The van der Waals surface area contributed by atoms with Crippen molar-refractivity contribution < 1.29 is 0 Å². The van der Waals surface area contributed by atoms with Crippen LogP contribution in [0.4, 0.5) is 0 Å². The van der Waals surface area contributed by atoms with Gasteiger partial charge in [0, 0.05) is 21.1 Å². The summed E-state index contributed by atoms with van der Waals surface area (Å²) in [6, 6.07) is 10.6. The SMILES string of the molecule is CN=C(NC(C)c1ccccc1)N(C)C. The van der Waals surface area contributed by atoms with Gasteiger partial charge in [0.15, 0.2) is 5.96 Å². The Hall–Kier alpha value is -1.51. The molecule has 1 rings (SSSR count). The lowest BCUT2D eigenvalue weighted by atomic mass is 10.1. The molecule has 0 spiro atoms. The Bertz CT molecular complexity index is 317. The van der Waals surface area contributed by atoms with Crippen LogP contribution in [0, 0.1) is 0 Å². The molecule has 0 aliphatic carbocycles. The van der Waals surface area contributed by atoms with Gasteiger partial charge in [-0.3, -0.25) is 4.99 Å². The molecule has 0 heterocycles. The number of nitrogens with zero attached hydrogens (tertiary/aromatic N) is 2. The van der Waals surface area contributed by atoms with Crippen LogP contribution in [0.1, 0.15) is 18.5 Å². The van der Waals surface area contributed by atoms with E-state index in [-0.39, 0.29) is 6.04 Å². The van der Waals surface area contributed by atoms with Gasteiger partial charge in [0.2, 0.25) is 0 Å². The Kier molecular flexibility index (Phi) is 4.16. The van der Waals surface area contributed by atoms with Crippen molar-refractivity contribution in [2.75, 3.05) is 21.1 Å². The van der Waals surface area contributed by atoms with Crippen molar-refractivity contribution in [2.24, 2.45) is 4.99 Å². The summed E-state index contributed by atoms with van der Waals surface area (Å²) in [5.41, 5.74) is 1.26. The average Bonchev–Trinajstić information content (AvgIpc) is 2.26. The molecule has 0 fully saturated rings. The van der Waals surface area contributed by atoms with Gasteiger partial charge in [0.25, 0.3) is 0 Å². The summed E-state index contributed by atoms with van der Waals surface area (Å²) in [6.45, 7) is 2.13. The second kappa shape index (κ2) is 5.39. The largest absolute Gasteiger partial charge is 0.350 e. The fourth-order valence-corrected chi connectivity index (χ4v) is 1.41. The van der Waals surface area contributed by atoms with E-state index in [2.05, 4.69) is 29.4 Å². The summed E-state index contributed by atoms with van der Waals surface area (Å²) in [5, 5.41) is 3.36. The van der Waals surface area contributed by atoms with Gasteiger partial charge in [0.1, 0.15) is 0 Å². The summed E-state index contributed by atoms with van der Waals surface area (Å²) >= 11 is 0. The molecule has 0 radical (unpaired) electrons. The van der Waals surface area contributed by atoms with Crippen molar-refractivity contribution in [2.45, 2.75) is 13.0 Å². The Morgan fingerprint density at radius 3 is 2.33 bits per heavy atom. The van der Waals surface area contributed by atoms with Crippen molar-refractivity contribution in [1.82, 2.24) is 10.2 Å². The molecule has 0 bridgehead atoms. The van der Waals surface area contributed by atoms with Crippen LogP contribution in [0.25, 0.3) is 0 Å². The Morgan fingerprint density at radius 2 is 1.87 bits per heavy atom. The molecule has 82 valence electrons. The third-order valence-corrected chi connectivity index (χ3v) is 2.28. The van der Waals surface area contributed by atoms with E-state index in [1.807, 2.05) is 37.2 Å². The van der Waals surface area contributed by atoms with Gasteiger partial charge in [-0.2, -0.15) is 0 Å². The molecule has 0 aliphatic rings. The number of hydrogen-bond acceptors (Lipinski definition) is 1. The highest BCUT2D eigenvalue weighted by atomic mass is 15.3. The minimum absolute atomic E-state index is 0.271. The zero-order valence-electron chi connectivity index (χ0n) is 9.86. The van der Waals surface area contributed by atoms with Crippen LogP contribution >= 0.6 is 0 Å². The van der Waals surface area contributed by atoms with E-state index in [4.69, 9.17) is 0 Å². The van der Waals surface area contributed by atoms with Crippen LogP contribution in [0.2, 0.25) is 0 Å². The zero-order chi connectivity index (χ0) is 11.3. The molecule has 0 amide bonds. The van der Waals surface area contributed by atoms with Crippen molar-refractivity contribution in [3.05, 3.63) is 35.9 Å². The molecule has 1 unspecified atom stereocenters. The van der Waals surface area contributed by atoms with Crippen LogP contribution in [0.15, 0.2) is 35.3 Å². The van der Waals surface area contributed by atoms with Crippen LogP contribution in [-0.4, -0.2) is 32.0 Å². The maximum atomic E-state index is 4.18. The van der Waals surface area contributed by atoms with Gasteiger partial charge in [-0.15, -0.1) is 0 Å². The molecule has 0 saturated heterocycles. The molecule has 15 heavy (non-hydrogen) atoms. The highest BCUT2D eigenvalue weighted by Gasteiger charge is 2.07. The van der Waals surface area contributed by atoms with E-state index < -0.39 is 0 Å². The number of hydrogen-bond donors (Lipinski definition) is 1. The number of rotatable bonds is 2. The van der Waals surface area contributed by atoms with Gasteiger partial charge in [-0.25, -0.2) is 0 Å². The molecule has 0 aliphatic heterocycles. The third-order valence-electron chi connectivity index (χ3n) is 2.28. The van der Waals surface area contributed by atoms with Gasteiger partial charge in [-0.05, 0) is 12.5 Å². The topological polar surface area (TPSA) is 27.6 Å². The second-order valence-electron chi connectivity index (χ2n) is 3.72. The number of guanidine groups is 1. The first-order chi connectivity index (χ1) is 7.15. The Morgan fingerprint density at radius 1 is 1.27 bits per heavy atom. The molecule has 0 saturated carbocycles. The third kappa shape index (κ3) is 3.27. The summed E-state index contributed by atoms with van der Waals surface area (Å²) in [7, 11) is 5.75. The van der Waals surface area contributed by atoms with Gasteiger partial charge in [-0.1, -0.05) is 30.3 Å². The van der Waals surface area contributed by atoms with Crippen LogP contribution in [-0.2, 0) is 0 Å². The summed E-state index contributed by atoms with van der Waals surface area (Å²) in [4.78, 5) is 6.16. The highest BCUT2D eigenvalue weighted by molar-refractivity contribution is 5.79. The first kappa shape index (κ1) is 11.6. The van der Waals surface area contributed by atoms with E-state index in [0.29, 0.717) is 0 Å². The van der Waals surface area contributed by atoms with Gasteiger partial charge < -0.3 is 10.2 Å². The molecule has 3 nitrogen and oxygen atoms in total.